The molecule has 13 heavy (non-hydrogen) atoms. The summed E-state index contributed by atoms with van der Waals surface area (Å²) in [4.78, 5) is 4.29. The van der Waals surface area contributed by atoms with E-state index < -0.39 is 0 Å². The van der Waals surface area contributed by atoms with Crippen LogP contribution in [-0.2, 0) is 0 Å². The fourth-order valence-electron chi connectivity index (χ4n) is 1.19. The molecule has 0 fully saturated rings. The molecule has 0 aliphatic carbocycles. The van der Waals surface area contributed by atoms with Crippen molar-refractivity contribution in [2.45, 2.75) is 0 Å². The van der Waals surface area contributed by atoms with Gasteiger partial charge in [-0.3, -0.25) is 0 Å². The van der Waals surface area contributed by atoms with Crippen molar-refractivity contribution in [3.63, 3.8) is 0 Å². The van der Waals surface area contributed by atoms with E-state index in [0.29, 0.717) is 11.8 Å². The first-order chi connectivity index (χ1) is 6.40. The summed E-state index contributed by atoms with van der Waals surface area (Å²) in [5, 5.41) is 1.12. The van der Waals surface area contributed by atoms with Gasteiger partial charge in [0.2, 0.25) is 5.88 Å². The molecular formula is C10H9NOS. The van der Waals surface area contributed by atoms with E-state index in [1.54, 1.807) is 0 Å². The van der Waals surface area contributed by atoms with Crippen LogP contribution in [0.4, 0.5) is 0 Å². The second-order valence-electron chi connectivity index (χ2n) is 2.62. The zero-order valence-corrected chi connectivity index (χ0v) is 7.87. The van der Waals surface area contributed by atoms with Crippen molar-refractivity contribution in [3.8, 4) is 5.88 Å². The highest BCUT2D eigenvalue weighted by Gasteiger charge is 1.96. The Balaban J connectivity index is 2.49. The fraction of sp³-hybridized carbons (Fsp3) is 0.100. The van der Waals surface area contributed by atoms with Crippen molar-refractivity contribution < 1.29 is 4.74 Å². The number of hydrogen-bond donors (Lipinski definition) is 1. The largest absolute Gasteiger partial charge is 0.467 e. The molecule has 1 heterocycles. The molecule has 2 aromatic rings. The quantitative estimate of drug-likeness (QED) is 0.582. The van der Waals surface area contributed by atoms with Gasteiger partial charge >= 0.3 is 0 Å². The van der Waals surface area contributed by atoms with Crippen LogP contribution < -0.4 is 4.74 Å². The number of benzene rings is 1. The minimum atomic E-state index is 0.353. The Hall–Kier alpha value is -1.22. The smallest absolute Gasteiger partial charge is 0.214 e. The molecule has 2 rings (SSSR count). The molecule has 0 spiro atoms. The minimum Gasteiger partial charge on any atom is -0.467 e. The average Bonchev–Trinajstić information content (AvgIpc) is 2.18. The summed E-state index contributed by atoms with van der Waals surface area (Å²) >= 11 is 3.96. The van der Waals surface area contributed by atoms with E-state index in [0.717, 1.165) is 10.9 Å². The maximum absolute atomic E-state index is 5.17. The lowest BCUT2D eigenvalue weighted by atomic mass is 10.2. The van der Waals surface area contributed by atoms with Crippen LogP contribution in [0.25, 0.3) is 10.9 Å². The zero-order chi connectivity index (χ0) is 9.10. The molecule has 1 aromatic carbocycles. The van der Waals surface area contributed by atoms with Crippen molar-refractivity contribution in [1.82, 2.24) is 4.98 Å². The first-order valence-corrected chi connectivity index (χ1v) is 4.63. The monoisotopic (exact) mass is 191 g/mol. The van der Waals surface area contributed by atoms with Gasteiger partial charge in [0.25, 0.3) is 0 Å². The van der Waals surface area contributed by atoms with Crippen LogP contribution in [0.2, 0.25) is 0 Å². The molecule has 0 N–H and O–H groups in total. The summed E-state index contributed by atoms with van der Waals surface area (Å²) in [6, 6.07) is 11.8. The molecule has 2 nitrogen and oxygen atoms in total. The van der Waals surface area contributed by atoms with Gasteiger partial charge in [0, 0.05) is 11.5 Å². The van der Waals surface area contributed by atoms with Crippen molar-refractivity contribution in [1.29, 1.82) is 0 Å². The summed E-state index contributed by atoms with van der Waals surface area (Å²) in [6.07, 6.45) is 0. The van der Waals surface area contributed by atoms with Crippen molar-refractivity contribution in [2.75, 3.05) is 5.94 Å². The molecule has 66 valence electrons. The van der Waals surface area contributed by atoms with Crippen LogP contribution in [0.5, 0.6) is 5.88 Å². The van der Waals surface area contributed by atoms with Gasteiger partial charge in [-0.15, -0.1) is 12.6 Å². The number of aromatic nitrogens is 1. The maximum atomic E-state index is 5.17. The van der Waals surface area contributed by atoms with Crippen LogP contribution in [0.1, 0.15) is 0 Å². The van der Waals surface area contributed by atoms with Crippen LogP contribution in [0, 0.1) is 0 Å². The van der Waals surface area contributed by atoms with E-state index in [-0.39, 0.29) is 0 Å². The van der Waals surface area contributed by atoms with Crippen LogP contribution in [-0.4, -0.2) is 10.9 Å². The van der Waals surface area contributed by atoms with E-state index in [4.69, 9.17) is 4.74 Å². The van der Waals surface area contributed by atoms with Gasteiger partial charge in [-0.25, -0.2) is 4.98 Å². The first kappa shape index (κ1) is 8.38. The minimum absolute atomic E-state index is 0.353. The number of nitrogens with zero attached hydrogens (tertiary/aromatic N) is 1. The number of pyridine rings is 1. The van der Waals surface area contributed by atoms with Gasteiger partial charge in [-0.1, -0.05) is 18.2 Å². The lowest BCUT2D eigenvalue weighted by Gasteiger charge is -2.02. The van der Waals surface area contributed by atoms with Gasteiger partial charge in [-0.2, -0.15) is 0 Å². The van der Waals surface area contributed by atoms with Crippen molar-refractivity contribution in [3.05, 3.63) is 36.4 Å². The van der Waals surface area contributed by atoms with Crippen LogP contribution >= 0.6 is 12.6 Å². The number of hydrogen-bond acceptors (Lipinski definition) is 3. The Morgan fingerprint density at radius 3 is 2.85 bits per heavy atom. The molecule has 0 aliphatic rings. The molecule has 0 aliphatic heterocycles. The molecule has 0 saturated carbocycles. The molecule has 3 heteroatoms. The lowest BCUT2D eigenvalue weighted by Crippen LogP contribution is -1.91. The second kappa shape index (κ2) is 3.66. The summed E-state index contributed by atoms with van der Waals surface area (Å²) in [6.45, 7) is 0. The first-order valence-electron chi connectivity index (χ1n) is 3.99. The Kier molecular flexibility index (Phi) is 2.36. The topological polar surface area (TPSA) is 22.1 Å². The fourth-order valence-corrected chi connectivity index (χ4v) is 1.33. The predicted octanol–water partition coefficient (Wildman–Crippen LogP) is 2.50. The maximum Gasteiger partial charge on any atom is 0.214 e. The average molecular weight is 191 g/mol. The highest BCUT2D eigenvalue weighted by Crippen LogP contribution is 2.15. The normalized spacial score (nSPS) is 10.2. The number of rotatable bonds is 2. The molecule has 1 aromatic heterocycles. The summed E-state index contributed by atoms with van der Waals surface area (Å²) in [5.74, 6) is 0.972. The summed E-state index contributed by atoms with van der Waals surface area (Å²) < 4.78 is 5.17. The number of ether oxygens (including phenoxy) is 1. The van der Waals surface area contributed by atoms with E-state index in [2.05, 4.69) is 17.6 Å². The molecular weight excluding hydrogens is 182 g/mol. The third-order valence-corrected chi connectivity index (χ3v) is 1.91. The predicted molar refractivity (Wildman–Crippen MR) is 56.2 cm³/mol. The van der Waals surface area contributed by atoms with Crippen LogP contribution in [0.3, 0.4) is 0 Å². The van der Waals surface area contributed by atoms with E-state index >= 15 is 0 Å². The van der Waals surface area contributed by atoms with Crippen molar-refractivity contribution in [2.24, 2.45) is 0 Å². The number of thiol groups is 1. The molecule has 0 bridgehead atoms. The highest BCUT2D eigenvalue weighted by molar-refractivity contribution is 7.80. The molecule has 0 unspecified atom stereocenters. The van der Waals surface area contributed by atoms with Crippen molar-refractivity contribution >= 4 is 23.5 Å². The summed E-state index contributed by atoms with van der Waals surface area (Å²) in [5.41, 5.74) is 0.946. The third-order valence-electron chi connectivity index (χ3n) is 1.79. The van der Waals surface area contributed by atoms with E-state index in [1.165, 1.54) is 0 Å². The number of fused-ring (bicyclic) bond motifs is 1. The third kappa shape index (κ3) is 1.75. The van der Waals surface area contributed by atoms with Gasteiger partial charge in [-0.05, 0) is 12.1 Å². The Labute approximate surface area is 82.0 Å². The summed E-state index contributed by atoms with van der Waals surface area (Å²) in [7, 11) is 0. The van der Waals surface area contributed by atoms with Gasteiger partial charge in [0.15, 0.2) is 0 Å². The lowest BCUT2D eigenvalue weighted by molar-refractivity contribution is 0.380. The zero-order valence-electron chi connectivity index (χ0n) is 6.97. The second-order valence-corrected chi connectivity index (χ2v) is 2.87. The van der Waals surface area contributed by atoms with Crippen LogP contribution in [0.15, 0.2) is 36.4 Å². The van der Waals surface area contributed by atoms with Gasteiger partial charge in [0.05, 0.1) is 5.52 Å². The standard InChI is InChI=1S/C10H9NOS/c13-7-12-10-6-5-8-3-1-2-4-9(8)11-10/h1-6,13H,7H2. The Morgan fingerprint density at radius 2 is 2.00 bits per heavy atom. The molecule has 0 amide bonds. The molecule has 0 saturated heterocycles. The Bertz CT molecular complexity index is 416. The highest BCUT2D eigenvalue weighted by atomic mass is 32.1. The number of para-hydroxylation sites is 1. The molecule has 0 radical (unpaired) electrons. The van der Waals surface area contributed by atoms with E-state index in [9.17, 15) is 0 Å². The van der Waals surface area contributed by atoms with E-state index in [1.807, 2.05) is 36.4 Å². The molecule has 0 atom stereocenters. The Morgan fingerprint density at radius 1 is 1.15 bits per heavy atom. The van der Waals surface area contributed by atoms with Gasteiger partial charge in [0.1, 0.15) is 5.94 Å². The van der Waals surface area contributed by atoms with Gasteiger partial charge < -0.3 is 4.74 Å². The SMILES string of the molecule is SCOc1ccc2ccccc2n1.